The largest absolute Gasteiger partial charge is 0.324 e. The van der Waals surface area contributed by atoms with Crippen molar-refractivity contribution in [2.75, 3.05) is 38.9 Å². The van der Waals surface area contributed by atoms with Gasteiger partial charge in [0, 0.05) is 51.5 Å². The van der Waals surface area contributed by atoms with E-state index in [2.05, 4.69) is 41.7 Å². The lowest BCUT2D eigenvalue weighted by Gasteiger charge is -2.15. The lowest BCUT2D eigenvalue weighted by molar-refractivity contribution is -0.127. The fourth-order valence-corrected chi connectivity index (χ4v) is 7.04. The van der Waals surface area contributed by atoms with E-state index >= 15 is 0 Å². The number of carbonyl (C=O) groups excluding carboxylic acids is 6. The van der Waals surface area contributed by atoms with Gasteiger partial charge < -0.3 is 21.3 Å². The summed E-state index contributed by atoms with van der Waals surface area (Å²) in [5, 5.41) is 27.2. The Labute approximate surface area is 399 Å². The molecule has 5 aromatic carbocycles. The van der Waals surface area contributed by atoms with Crippen LogP contribution in [0.25, 0.3) is 0 Å². The zero-order valence-corrected chi connectivity index (χ0v) is 38.6. The van der Waals surface area contributed by atoms with Crippen LogP contribution in [0.2, 0.25) is 10.0 Å². The van der Waals surface area contributed by atoms with Crippen molar-refractivity contribution in [3.8, 4) is 0 Å². The first kappa shape index (κ1) is 50.0. The number of hydrogen-bond acceptors (Lipinski definition) is 10. The summed E-state index contributed by atoms with van der Waals surface area (Å²) >= 11 is 30.5. The number of alkyl halides is 3. The van der Waals surface area contributed by atoms with Gasteiger partial charge in [0.1, 0.15) is 11.4 Å². The molecule has 14 nitrogen and oxygen atoms in total. The van der Waals surface area contributed by atoms with Gasteiger partial charge in [-0.3, -0.25) is 28.8 Å². The molecular formula is C46H41Cl5N8O6. The third-order valence-corrected chi connectivity index (χ3v) is 10.6. The van der Waals surface area contributed by atoms with Gasteiger partial charge in [-0.25, -0.2) is 0 Å². The number of benzene rings is 5. The molecule has 2 unspecified atom stereocenters. The molecule has 0 aromatic heterocycles. The number of nitrogens with zero attached hydrogens (tertiary/aromatic N) is 4. The second kappa shape index (κ2) is 24.3. The highest BCUT2D eigenvalue weighted by molar-refractivity contribution is 6.33. The van der Waals surface area contributed by atoms with E-state index in [1.807, 2.05) is 24.3 Å². The van der Waals surface area contributed by atoms with E-state index in [4.69, 9.17) is 58.0 Å². The zero-order chi connectivity index (χ0) is 47.0. The maximum atomic E-state index is 13.5. The Morgan fingerprint density at radius 3 is 1.40 bits per heavy atom. The summed E-state index contributed by atoms with van der Waals surface area (Å²) in [4.78, 5) is 78.4. The van der Waals surface area contributed by atoms with E-state index in [0.29, 0.717) is 41.5 Å². The third-order valence-electron chi connectivity index (χ3n) is 9.38. The first-order valence-corrected chi connectivity index (χ1v) is 22.2. The fourth-order valence-electron chi connectivity index (χ4n) is 6.09. The van der Waals surface area contributed by atoms with Crippen molar-refractivity contribution in [3.63, 3.8) is 0 Å². The second-order valence-corrected chi connectivity index (χ2v) is 16.2. The van der Waals surface area contributed by atoms with Gasteiger partial charge >= 0.3 is 0 Å². The van der Waals surface area contributed by atoms with E-state index in [1.165, 1.54) is 68.4 Å². The molecular weight excluding hydrogens is 938 g/mol. The molecule has 0 aliphatic carbocycles. The summed E-state index contributed by atoms with van der Waals surface area (Å²) in [5.41, 5.74) is 4.45. The number of rotatable bonds is 20. The molecule has 5 rings (SSSR count). The molecule has 0 radical (unpaired) electrons. The van der Waals surface area contributed by atoms with Crippen molar-refractivity contribution in [3.05, 3.63) is 141 Å². The zero-order valence-electron chi connectivity index (χ0n) is 34.8. The molecule has 4 N–H and O–H groups in total. The summed E-state index contributed by atoms with van der Waals surface area (Å²) in [5.74, 6) is -2.87. The van der Waals surface area contributed by atoms with Gasteiger partial charge in [0.15, 0.2) is 11.6 Å². The number of anilines is 4. The minimum Gasteiger partial charge on any atom is -0.324 e. The number of nitrogens with one attached hydrogen (secondary N) is 4. The SMILES string of the molecule is CC(=O)C(N=Nc1cc(C(=O)Nc2cccc(CCCl)c2)ccc1Cl)C(=O)Nc1ccc(NC(=O)C(N=Nc2cc(C(=O)Nc3cccc(CCCl)c3)ccc2Cl)C(C)=O)c(CCCl)c1. The summed E-state index contributed by atoms with van der Waals surface area (Å²) in [6.45, 7) is 2.33. The molecule has 19 heteroatoms. The molecule has 0 aliphatic rings. The number of carbonyl (C=O) groups is 6. The molecule has 4 amide bonds. The first-order chi connectivity index (χ1) is 31.2. The number of halogens is 5. The Kier molecular flexibility index (Phi) is 18.7. The lowest BCUT2D eigenvalue weighted by Crippen LogP contribution is -2.32. The van der Waals surface area contributed by atoms with Gasteiger partial charge in [-0.1, -0.05) is 47.5 Å². The predicted molar refractivity (Wildman–Crippen MR) is 257 cm³/mol. The Bertz CT molecular complexity index is 2660. The van der Waals surface area contributed by atoms with Gasteiger partial charge in [0.25, 0.3) is 23.6 Å². The number of hydrogen-bond donors (Lipinski definition) is 4. The Morgan fingerprint density at radius 1 is 0.508 bits per heavy atom. The summed E-state index contributed by atoms with van der Waals surface area (Å²) in [7, 11) is 0. The van der Waals surface area contributed by atoms with Crippen molar-refractivity contribution in [1.82, 2.24) is 0 Å². The van der Waals surface area contributed by atoms with Crippen LogP contribution in [0.4, 0.5) is 34.1 Å². The maximum Gasteiger partial charge on any atom is 0.258 e. The standard InChI is InChI=1S/C46H41Cl5N8O6/c1-26(60)41(58-56-39-24-31(9-12-36(39)50)43(62)52-33-7-3-5-28(21-33)15-18-47)45(64)54-35-11-14-38(30(23-35)17-20-49)55-46(65)42(27(2)61)59-57-40-25-32(10-13-37(40)51)44(63)53-34-8-4-6-29(22-34)16-19-48/h3-14,21-25,41-42H,15-20H2,1-2H3,(H,52,62)(H,53,63)(H,54,64)(H,55,65). The minimum atomic E-state index is -1.61. The molecule has 0 aliphatic heterocycles. The molecule has 0 bridgehead atoms. The van der Waals surface area contributed by atoms with Crippen LogP contribution in [0.5, 0.6) is 0 Å². The first-order valence-electron chi connectivity index (χ1n) is 19.8. The third kappa shape index (κ3) is 14.5. The van der Waals surface area contributed by atoms with Crippen molar-refractivity contribution in [2.24, 2.45) is 20.5 Å². The summed E-state index contributed by atoms with van der Waals surface area (Å²) in [6, 6.07) is 24.4. The number of ketones is 2. The smallest absolute Gasteiger partial charge is 0.258 e. The topological polar surface area (TPSA) is 200 Å². The van der Waals surface area contributed by atoms with E-state index in [0.717, 1.165) is 11.1 Å². The van der Waals surface area contributed by atoms with Gasteiger partial charge in [0.2, 0.25) is 12.1 Å². The van der Waals surface area contributed by atoms with Crippen LogP contribution in [-0.4, -0.2) is 64.9 Å². The van der Waals surface area contributed by atoms with Gasteiger partial charge in [0.05, 0.1) is 10.0 Å². The van der Waals surface area contributed by atoms with Crippen LogP contribution in [0.3, 0.4) is 0 Å². The Morgan fingerprint density at radius 2 is 0.954 bits per heavy atom. The van der Waals surface area contributed by atoms with Crippen LogP contribution in [0, 0.1) is 0 Å². The Hall–Kier alpha value is -6.03. The second-order valence-electron chi connectivity index (χ2n) is 14.3. The maximum absolute atomic E-state index is 13.5. The molecule has 0 saturated carbocycles. The van der Waals surface area contributed by atoms with E-state index < -0.39 is 47.3 Å². The van der Waals surface area contributed by atoms with E-state index in [-0.39, 0.29) is 56.2 Å². The summed E-state index contributed by atoms with van der Waals surface area (Å²) < 4.78 is 0. The molecule has 336 valence electrons. The quantitative estimate of drug-likeness (QED) is 0.0340. The number of amides is 4. The van der Waals surface area contributed by atoms with Crippen molar-refractivity contribution in [2.45, 2.75) is 45.2 Å². The molecule has 65 heavy (non-hydrogen) atoms. The van der Waals surface area contributed by atoms with Gasteiger partial charge in [-0.05, 0) is 129 Å². The molecule has 0 fully saturated rings. The molecule has 5 aromatic rings. The Balaban J connectivity index is 1.27. The van der Waals surface area contributed by atoms with Crippen LogP contribution < -0.4 is 21.3 Å². The van der Waals surface area contributed by atoms with Crippen molar-refractivity contribution >= 4 is 127 Å². The normalized spacial score (nSPS) is 12.1. The highest BCUT2D eigenvalue weighted by Gasteiger charge is 2.26. The van der Waals surface area contributed by atoms with Crippen LogP contribution in [-0.2, 0) is 38.4 Å². The molecule has 2 atom stereocenters. The van der Waals surface area contributed by atoms with Crippen molar-refractivity contribution < 1.29 is 28.8 Å². The van der Waals surface area contributed by atoms with Crippen LogP contribution in [0.15, 0.2) is 124 Å². The summed E-state index contributed by atoms with van der Waals surface area (Å²) in [6.07, 6.45) is 1.47. The van der Waals surface area contributed by atoms with E-state index in [9.17, 15) is 28.8 Å². The van der Waals surface area contributed by atoms with Crippen LogP contribution in [0.1, 0.15) is 51.3 Å². The number of Topliss-reactive ketones (excluding diaryl/α,β-unsaturated/α-hetero) is 2. The molecule has 0 spiro atoms. The highest BCUT2D eigenvalue weighted by Crippen LogP contribution is 2.30. The fraction of sp³-hybridized carbons (Fsp3) is 0.217. The monoisotopic (exact) mass is 976 g/mol. The highest BCUT2D eigenvalue weighted by atomic mass is 35.5. The average molecular weight is 979 g/mol. The van der Waals surface area contributed by atoms with Gasteiger partial charge in [-0.2, -0.15) is 20.5 Å². The molecule has 0 saturated heterocycles. The molecule has 0 heterocycles. The number of aryl methyl sites for hydroxylation is 3. The minimum absolute atomic E-state index is 0.0424. The average Bonchev–Trinajstić information content (AvgIpc) is 3.26. The van der Waals surface area contributed by atoms with Crippen LogP contribution >= 0.6 is 58.0 Å². The van der Waals surface area contributed by atoms with E-state index in [1.54, 1.807) is 24.3 Å². The van der Waals surface area contributed by atoms with Crippen molar-refractivity contribution in [1.29, 1.82) is 0 Å². The number of azo groups is 2. The van der Waals surface area contributed by atoms with Gasteiger partial charge in [-0.15, -0.1) is 34.8 Å². The predicted octanol–water partition coefficient (Wildman–Crippen LogP) is 11.2. The lowest BCUT2D eigenvalue weighted by atomic mass is 10.1.